The van der Waals surface area contributed by atoms with E-state index in [0.29, 0.717) is 23.8 Å². The fourth-order valence-corrected chi connectivity index (χ4v) is 2.02. The molecule has 0 unspecified atom stereocenters. The highest BCUT2D eigenvalue weighted by Crippen LogP contribution is 2.40. The number of nitrogens with zero attached hydrogens (tertiary/aromatic N) is 1. The molecule has 0 amide bonds. The van der Waals surface area contributed by atoms with Crippen LogP contribution in [0.3, 0.4) is 0 Å². The number of carbonyl (C=O) groups is 1. The van der Waals surface area contributed by atoms with Crippen LogP contribution in [-0.4, -0.2) is 50.4 Å². The molecular weight excluding hydrogens is 274 g/mol. The molecule has 1 N–H and O–H groups in total. The first-order chi connectivity index (χ1) is 10.1. The molecule has 0 aromatic heterocycles. The predicted octanol–water partition coefficient (Wildman–Crippen LogP) is 1.23. The third-order valence-electron chi connectivity index (χ3n) is 2.85. The van der Waals surface area contributed by atoms with E-state index < -0.39 is 5.97 Å². The molecule has 0 fully saturated rings. The summed E-state index contributed by atoms with van der Waals surface area (Å²) in [5.41, 5.74) is 0.770. The second kappa shape index (κ2) is 8.02. The lowest BCUT2D eigenvalue weighted by molar-refractivity contribution is -0.138. The standard InChI is InChI=1S/C15H19NO5/c1-5-8-16(10-13(17)18)9-11-6-7-12(19-2)15(21-4)14(11)20-3/h1,6-7H,8-10H2,2-4H3,(H,17,18). The van der Waals surface area contributed by atoms with Crippen molar-refractivity contribution in [3.05, 3.63) is 17.7 Å². The lowest BCUT2D eigenvalue weighted by atomic mass is 10.1. The Kier molecular flexibility index (Phi) is 6.37. The van der Waals surface area contributed by atoms with E-state index >= 15 is 0 Å². The predicted molar refractivity (Wildman–Crippen MR) is 77.8 cm³/mol. The van der Waals surface area contributed by atoms with Crippen LogP contribution in [0.15, 0.2) is 12.1 Å². The zero-order chi connectivity index (χ0) is 15.8. The van der Waals surface area contributed by atoms with Gasteiger partial charge in [0.25, 0.3) is 0 Å². The number of methoxy groups -OCH3 is 3. The molecule has 6 heteroatoms. The van der Waals surface area contributed by atoms with Crippen LogP contribution in [0.25, 0.3) is 0 Å². The van der Waals surface area contributed by atoms with Crippen LogP contribution in [0.1, 0.15) is 5.56 Å². The zero-order valence-corrected chi connectivity index (χ0v) is 12.4. The summed E-state index contributed by atoms with van der Waals surface area (Å²) in [5, 5.41) is 8.91. The summed E-state index contributed by atoms with van der Waals surface area (Å²) in [6.07, 6.45) is 5.27. The molecule has 0 bridgehead atoms. The highest BCUT2D eigenvalue weighted by atomic mass is 16.5. The lowest BCUT2D eigenvalue weighted by Crippen LogP contribution is -2.29. The second-order valence-corrected chi connectivity index (χ2v) is 4.24. The van der Waals surface area contributed by atoms with Gasteiger partial charge in [0.05, 0.1) is 34.4 Å². The van der Waals surface area contributed by atoms with Crippen molar-refractivity contribution in [3.63, 3.8) is 0 Å². The molecule has 0 spiro atoms. The normalized spacial score (nSPS) is 10.0. The Hall–Kier alpha value is -2.39. The van der Waals surface area contributed by atoms with Crippen LogP contribution >= 0.6 is 0 Å². The summed E-state index contributed by atoms with van der Waals surface area (Å²) in [5.74, 6) is 3.02. The monoisotopic (exact) mass is 293 g/mol. The van der Waals surface area contributed by atoms with Crippen LogP contribution in [0.2, 0.25) is 0 Å². The van der Waals surface area contributed by atoms with Crippen molar-refractivity contribution in [1.82, 2.24) is 4.90 Å². The molecule has 0 saturated heterocycles. The van der Waals surface area contributed by atoms with E-state index in [4.69, 9.17) is 25.7 Å². The topological polar surface area (TPSA) is 68.2 Å². The Labute approximate surface area is 124 Å². The van der Waals surface area contributed by atoms with Gasteiger partial charge < -0.3 is 19.3 Å². The van der Waals surface area contributed by atoms with E-state index in [2.05, 4.69) is 5.92 Å². The van der Waals surface area contributed by atoms with Crippen molar-refractivity contribution in [2.75, 3.05) is 34.4 Å². The molecule has 6 nitrogen and oxygen atoms in total. The number of ether oxygens (including phenoxy) is 3. The fraction of sp³-hybridized carbons (Fsp3) is 0.400. The highest BCUT2D eigenvalue weighted by Gasteiger charge is 2.18. The van der Waals surface area contributed by atoms with Crippen LogP contribution < -0.4 is 14.2 Å². The number of terminal acetylenes is 1. The van der Waals surface area contributed by atoms with Crippen LogP contribution in [-0.2, 0) is 11.3 Å². The van der Waals surface area contributed by atoms with E-state index in [9.17, 15) is 4.79 Å². The first-order valence-electron chi connectivity index (χ1n) is 6.22. The van der Waals surface area contributed by atoms with Crippen molar-refractivity contribution in [2.24, 2.45) is 0 Å². The summed E-state index contributed by atoms with van der Waals surface area (Å²) < 4.78 is 15.9. The number of hydrogen-bond donors (Lipinski definition) is 1. The molecule has 0 atom stereocenters. The van der Waals surface area contributed by atoms with Crippen molar-refractivity contribution in [1.29, 1.82) is 0 Å². The summed E-state index contributed by atoms with van der Waals surface area (Å²) in [6, 6.07) is 3.54. The molecule has 114 valence electrons. The smallest absolute Gasteiger partial charge is 0.317 e. The molecule has 1 aromatic rings. The Balaban J connectivity index is 3.11. The van der Waals surface area contributed by atoms with Gasteiger partial charge in [0.2, 0.25) is 5.75 Å². The first-order valence-corrected chi connectivity index (χ1v) is 6.22. The number of aliphatic carboxylic acids is 1. The maximum absolute atomic E-state index is 10.9. The number of benzene rings is 1. The number of rotatable bonds is 8. The second-order valence-electron chi connectivity index (χ2n) is 4.24. The number of hydrogen-bond acceptors (Lipinski definition) is 5. The highest BCUT2D eigenvalue weighted by molar-refractivity contribution is 5.69. The van der Waals surface area contributed by atoms with Gasteiger partial charge in [0.15, 0.2) is 11.5 Å². The first kappa shape index (κ1) is 16.7. The van der Waals surface area contributed by atoms with Gasteiger partial charge >= 0.3 is 5.97 Å². The maximum Gasteiger partial charge on any atom is 0.317 e. The van der Waals surface area contributed by atoms with Gasteiger partial charge in [-0.15, -0.1) is 6.42 Å². The van der Waals surface area contributed by atoms with Gasteiger partial charge in [0.1, 0.15) is 0 Å². The summed E-state index contributed by atoms with van der Waals surface area (Å²) in [7, 11) is 4.57. The van der Waals surface area contributed by atoms with E-state index in [0.717, 1.165) is 5.56 Å². The Morgan fingerprint density at radius 1 is 1.24 bits per heavy atom. The van der Waals surface area contributed by atoms with Crippen LogP contribution in [0.4, 0.5) is 0 Å². The number of carboxylic acids is 1. The van der Waals surface area contributed by atoms with E-state index in [1.807, 2.05) is 0 Å². The summed E-state index contributed by atoms with van der Waals surface area (Å²) in [6.45, 7) is 0.408. The quantitative estimate of drug-likeness (QED) is 0.727. The van der Waals surface area contributed by atoms with Crippen molar-refractivity contribution >= 4 is 5.97 Å². The Morgan fingerprint density at radius 2 is 1.90 bits per heavy atom. The van der Waals surface area contributed by atoms with Gasteiger partial charge in [0, 0.05) is 12.1 Å². The van der Waals surface area contributed by atoms with E-state index in [1.165, 1.54) is 21.3 Å². The van der Waals surface area contributed by atoms with E-state index in [1.54, 1.807) is 17.0 Å². The molecule has 0 aliphatic rings. The zero-order valence-electron chi connectivity index (χ0n) is 12.4. The Bertz CT molecular complexity index is 536. The minimum Gasteiger partial charge on any atom is -0.493 e. The maximum atomic E-state index is 10.9. The average molecular weight is 293 g/mol. The van der Waals surface area contributed by atoms with Gasteiger partial charge in [-0.1, -0.05) is 12.0 Å². The number of carboxylic acid groups (broad SMARTS) is 1. The molecular formula is C15H19NO5. The van der Waals surface area contributed by atoms with Gasteiger partial charge in [-0.25, -0.2) is 0 Å². The molecule has 0 heterocycles. The minimum atomic E-state index is -0.940. The van der Waals surface area contributed by atoms with Gasteiger partial charge in [-0.05, 0) is 6.07 Å². The molecule has 0 saturated carbocycles. The summed E-state index contributed by atoms with van der Waals surface area (Å²) in [4.78, 5) is 12.5. The SMILES string of the molecule is C#CCN(CC(=O)O)Cc1ccc(OC)c(OC)c1OC. The fourth-order valence-electron chi connectivity index (χ4n) is 2.02. The third-order valence-corrected chi connectivity index (χ3v) is 2.85. The Morgan fingerprint density at radius 3 is 2.38 bits per heavy atom. The van der Waals surface area contributed by atoms with Gasteiger partial charge in [-0.2, -0.15) is 0 Å². The van der Waals surface area contributed by atoms with Crippen molar-refractivity contribution in [3.8, 4) is 29.6 Å². The molecule has 0 radical (unpaired) electrons. The molecule has 0 aliphatic carbocycles. The minimum absolute atomic E-state index is 0.151. The molecule has 1 aromatic carbocycles. The van der Waals surface area contributed by atoms with Crippen molar-refractivity contribution < 1.29 is 24.1 Å². The molecule has 1 rings (SSSR count). The molecule has 21 heavy (non-hydrogen) atoms. The summed E-state index contributed by atoms with van der Waals surface area (Å²) >= 11 is 0. The van der Waals surface area contributed by atoms with Crippen LogP contribution in [0.5, 0.6) is 17.2 Å². The third kappa shape index (κ3) is 4.29. The van der Waals surface area contributed by atoms with Crippen molar-refractivity contribution in [2.45, 2.75) is 6.54 Å². The van der Waals surface area contributed by atoms with E-state index in [-0.39, 0.29) is 13.1 Å². The average Bonchev–Trinajstić information content (AvgIpc) is 2.46. The molecule has 0 aliphatic heterocycles. The van der Waals surface area contributed by atoms with Crippen LogP contribution in [0, 0.1) is 12.3 Å². The largest absolute Gasteiger partial charge is 0.493 e. The lowest BCUT2D eigenvalue weighted by Gasteiger charge is -2.21. The van der Waals surface area contributed by atoms with Gasteiger partial charge in [-0.3, -0.25) is 9.69 Å².